The maximum Gasteiger partial charge on any atom is 0.164 e. The van der Waals surface area contributed by atoms with Crippen LogP contribution in [0.5, 0.6) is 5.75 Å². The molecule has 4 heteroatoms. The molecule has 3 atom stereocenters. The van der Waals surface area contributed by atoms with E-state index in [2.05, 4.69) is 179 Å². The Morgan fingerprint density at radius 3 is 1.91 bits per heavy atom. The number of nitrogens with zero attached hydrogens (tertiary/aromatic N) is 3. The summed E-state index contributed by atoms with van der Waals surface area (Å²) in [6.07, 6.45) is 16.7. The predicted molar refractivity (Wildman–Crippen MR) is 235 cm³/mol. The van der Waals surface area contributed by atoms with Gasteiger partial charge in [-0.05, 0) is 93.2 Å². The van der Waals surface area contributed by atoms with Gasteiger partial charge in [-0.3, -0.25) is 0 Å². The van der Waals surface area contributed by atoms with Gasteiger partial charge in [0.05, 0.1) is 5.41 Å². The molecule has 284 valence electrons. The first kappa shape index (κ1) is 35.1. The molecule has 0 N–H and O–H groups in total. The number of aromatic nitrogens is 3. The number of allylic oxidation sites excluding steroid dienone is 6. The highest BCUT2D eigenvalue weighted by molar-refractivity contribution is 5.85. The fraction of sp³-hybridized carbons (Fsp3) is 0.241. The van der Waals surface area contributed by atoms with Crippen LogP contribution in [-0.2, 0) is 16.2 Å². The Morgan fingerprint density at radius 2 is 1.19 bits per heavy atom. The lowest BCUT2D eigenvalue weighted by Crippen LogP contribution is -2.35. The number of hydrogen-bond acceptors (Lipinski definition) is 4. The van der Waals surface area contributed by atoms with Crippen molar-refractivity contribution in [2.45, 2.75) is 75.2 Å². The van der Waals surface area contributed by atoms with Gasteiger partial charge < -0.3 is 4.74 Å². The normalized spacial score (nSPS) is 22.4. The average molecular weight is 754 g/mol. The van der Waals surface area contributed by atoms with Crippen LogP contribution in [0, 0.1) is 5.92 Å². The van der Waals surface area contributed by atoms with Gasteiger partial charge in [-0.25, -0.2) is 15.0 Å². The van der Waals surface area contributed by atoms with E-state index in [4.69, 9.17) is 19.7 Å². The fourth-order valence-corrected chi connectivity index (χ4v) is 10.7. The van der Waals surface area contributed by atoms with Gasteiger partial charge in [0.15, 0.2) is 17.5 Å². The summed E-state index contributed by atoms with van der Waals surface area (Å²) in [5, 5.41) is 0. The summed E-state index contributed by atoms with van der Waals surface area (Å²) < 4.78 is 6.46. The van der Waals surface area contributed by atoms with E-state index in [0.29, 0.717) is 17.5 Å². The maximum atomic E-state index is 6.46. The third kappa shape index (κ3) is 5.30. The molecule has 0 saturated carbocycles. The minimum absolute atomic E-state index is 0.0633. The molecule has 0 fully saturated rings. The number of hydrogen-bond donors (Lipinski definition) is 0. The number of para-hydroxylation sites is 1. The minimum Gasteiger partial charge on any atom is -0.485 e. The van der Waals surface area contributed by atoms with Crippen LogP contribution in [-0.4, -0.2) is 21.1 Å². The summed E-state index contributed by atoms with van der Waals surface area (Å²) in [6, 6.07) is 44.3. The summed E-state index contributed by atoms with van der Waals surface area (Å²) in [5.41, 5.74) is 13.6. The van der Waals surface area contributed by atoms with E-state index in [9.17, 15) is 0 Å². The van der Waals surface area contributed by atoms with Crippen LogP contribution in [0.3, 0.4) is 0 Å². The fourth-order valence-electron chi connectivity index (χ4n) is 10.7. The summed E-state index contributed by atoms with van der Waals surface area (Å²) >= 11 is 0. The molecule has 3 unspecified atom stereocenters. The summed E-state index contributed by atoms with van der Waals surface area (Å²) in [5.74, 6) is 3.37. The lowest BCUT2D eigenvalue weighted by atomic mass is 9.62. The molecule has 0 amide bonds. The lowest BCUT2D eigenvalue weighted by Gasteiger charge is -2.42. The van der Waals surface area contributed by atoms with Crippen molar-refractivity contribution in [1.29, 1.82) is 0 Å². The van der Waals surface area contributed by atoms with Gasteiger partial charge in [-0.2, -0.15) is 0 Å². The maximum absolute atomic E-state index is 6.46. The zero-order valence-electron chi connectivity index (χ0n) is 33.6. The Bertz CT molecular complexity index is 2720. The second kappa shape index (κ2) is 12.9. The number of rotatable bonds is 5. The van der Waals surface area contributed by atoms with Crippen molar-refractivity contribution >= 4 is 11.1 Å². The Morgan fingerprint density at radius 1 is 0.569 bits per heavy atom. The van der Waals surface area contributed by atoms with Crippen LogP contribution >= 0.6 is 0 Å². The molecule has 4 nitrogen and oxygen atoms in total. The second-order valence-corrected chi connectivity index (χ2v) is 18.1. The predicted octanol–water partition coefficient (Wildman–Crippen LogP) is 12.4. The van der Waals surface area contributed by atoms with E-state index in [1.807, 2.05) is 6.07 Å². The SMILES string of the molecule is CC1(C)CCC(C)(C)c2cc(-c3nc(C4=CCC(C5(c6ccccc6)c6ccccc6-c6ccccc65)C=C4)nc(C4=CC5Oc6ccccc6C5C=C4)n3)ccc21. The molecule has 0 bridgehead atoms. The van der Waals surface area contributed by atoms with E-state index in [-0.39, 0.29) is 34.2 Å². The van der Waals surface area contributed by atoms with Crippen molar-refractivity contribution in [3.05, 3.63) is 203 Å². The Balaban J connectivity index is 1.02. The molecule has 5 aliphatic rings. The van der Waals surface area contributed by atoms with Crippen molar-refractivity contribution in [2.24, 2.45) is 5.92 Å². The first-order valence-corrected chi connectivity index (χ1v) is 20.9. The van der Waals surface area contributed by atoms with Crippen molar-refractivity contribution < 1.29 is 4.74 Å². The molecule has 6 aromatic rings. The number of benzene rings is 5. The summed E-state index contributed by atoms with van der Waals surface area (Å²) in [7, 11) is 0. The zero-order valence-corrected chi connectivity index (χ0v) is 33.6. The van der Waals surface area contributed by atoms with Crippen LogP contribution in [0.2, 0.25) is 0 Å². The van der Waals surface area contributed by atoms with Crippen molar-refractivity contribution in [2.75, 3.05) is 0 Å². The first-order chi connectivity index (χ1) is 28.2. The molecule has 58 heavy (non-hydrogen) atoms. The summed E-state index contributed by atoms with van der Waals surface area (Å²) in [6.45, 7) is 9.50. The van der Waals surface area contributed by atoms with Crippen LogP contribution < -0.4 is 4.74 Å². The topological polar surface area (TPSA) is 47.9 Å². The van der Waals surface area contributed by atoms with Crippen LogP contribution in [0.15, 0.2) is 158 Å². The third-order valence-electron chi connectivity index (χ3n) is 13.9. The monoisotopic (exact) mass is 753 g/mol. The van der Waals surface area contributed by atoms with Gasteiger partial charge in [-0.1, -0.05) is 167 Å². The Labute approximate surface area is 341 Å². The first-order valence-electron chi connectivity index (χ1n) is 20.9. The highest BCUT2D eigenvalue weighted by Gasteiger charge is 2.49. The zero-order chi connectivity index (χ0) is 39.2. The van der Waals surface area contributed by atoms with E-state index in [1.54, 1.807) is 0 Å². The summed E-state index contributed by atoms with van der Waals surface area (Å²) in [4.78, 5) is 15.8. The molecule has 2 heterocycles. The van der Waals surface area contributed by atoms with Crippen LogP contribution in [0.25, 0.3) is 33.7 Å². The molecular weight excluding hydrogens is 707 g/mol. The standard InChI is InChI=1S/C54H47N3O/c1-52(2)30-31-53(3,4)46-32-35(25-29-45(46)52)50-55-49(56-51(57-50)36-24-28-42-41-18-10-13-21-47(41)58-48(42)33-36)34-22-26-38(27-23-34)54(37-14-6-5-7-15-37)43-19-11-8-16-39(43)40-17-9-12-20-44(40)54/h5-26,28-29,32-33,38,42,48H,27,30-31H2,1-4H3. The third-order valence-corrected chi connectivity index (χ3v) is 13.9. The number of ether oxygens (including phenoxy) is 1. The second-order valence-electron chi connectivity index (χ2n) is 18.1. The van der Waals surface area contributed by atoms with Gasteiger partial charge >= 0.3 is 0 Å². The van der Waals surface area contributed by atoms with Gasteiger partial charge in [0.2, 0.25) is 0 Å². The van der Waals surface area contributed by atoms with Gasteiger partial charge in [0.1, 0.15) is 11.9 Å². The average Bonchev–Trinajstić information content (AvgIpc) is 3.79. The molecule has 4 aliphatic carbocycles. The van der Waals surface area contributed by atoms with E-state index in [1.165, 1.54) is 50.9 Å². The van der Waals surface area contributed by atoms with Gasteiger partial charge in [0.25, 0.3) is 0 Å². The van der Waals surface area contributed by atoms with E-state index < -0.39 is 0 Å². The van der Waals surface area contributed by atoms with Gasteiger partial charge in [-0.15, -0.1) is 0 Å². The van der Waals surface area contributed by atoms with Crippen LogP contribution in [0.4, 0.5) is 0 Å². The van der Waals surface area contributed by atoms with Crippen LogP contribution in [0.1, 0.15) is 97.9 Å². The van der Waals surface area contributed by atoms with Crippen molar-refractivity contribution in [1.82, 2.24) is 15.0 Å². The molecule has 11 rings (SSSR count). The lowest BCUT2D eigenvalue weighted by molar-refractivity contribution is 0.269. The highest BCUT2D eigenvalue weighted by atomic mass is 16.5. The van der Waals surface area contributed by atoms with Crippen molar-refractivity contribution in [3.8, 4) is 28.3 Å². The van der Waals surface area contributed by atoms with E-state index >= 15 is 0 Å². The largest absolute Gasteiger partial charge is 0.485 e. The molecule has 0 radical (unpaired) electrons. The Hall–Kier alpha value is -6.13. The Kier molecular flexibility index (Phi) is 7.82. The minimum atomic E-state index is -0.334. The molecule has 1 aliphatic heterocycles. The van der Waals surface area contributed by atoms with Gasteiger partial charge in [0, 0.05) is 28.2 Å². The smallest absolute Gasteiger partial charge is 0.164 e. The molecule has 0 spiro atoms. The van der Waals surface area contributed by atoms with E-state index in [0.717, 1.165) is 35.3 Å². The highest BCUT2D eigenvalue weighted by Crippen LogP contribution is 2.58. The molecule has 1 aromatic heterocycles. The molecular formula is C54H47N3O. The molecule has 0 saturated heterocycles. The van der Waals surface area contributed by atoms with Crippen molar-refractivity contribution in [3.63, 3.8) is 0 Å². The number of fused-ring (bicyclic) bond motifs is 7. The molecule has 5 aromatic carbocycles. The quantitative estimate of drug-likeness (QED) is 0.176.